The molecule has 1 heterocycles. The van der Waals surface area contributed by atoms with E-state index in [0.717, 1.165) is 0 Å². The van der Waals surface area contributed by atoms with Crippen molar-refractivity contribution in [2.75, 3.05) is 26.8 Å². The average Bonchev–Trinajstić information content (AvgIpc) is 2.59. The summed E-state index contributed by atoms with van der Waals surface area (Å²) in [4.78, 5) is 25.2. The number of likely N-dealkylation sites (tertiary alicyclic amines) is 1. The minimum atomic E-state index is -0.789. The second kappa shape index (κ2) is 7.67. The molecule has 0 radical (unpaired) electrons. The molecule has 23 heavy (non-hydrogen) atoms. The van der Waals surface area contributed by atoms with Crippen molar-refractivity contribution < 1.29 is 24.2 Å². The van der Waals surface area contributed by atoms with Crippen molar-refractivity contribution in [3.05, 3.63) is 36.4 Å². The molecular weight excluding hydrogens is 298 g/mol. The number of nitrogens with zero attached hydrogens (tertiary/aromatic N) is 1. The summed E-state index contributed by atoms with van der Waals surface area (Å²) in [6.45, 7) is 4.84. The third kappa shape index (κ3) is 4.03. The highest BCUT2D eigenvalue weighted by molar-refractivity contribution is 5.95. The second-order valence-corrected chi connectivity index (χ2v) is 5.37. The van der Waals surface area contributed by atoms with Crippen LogP contribution < -0.4 is 9.47 Å². The summed E-state index contributed by atoms with van der Waals surface area (Å²) in [6.07, 6.45) is 2.60. The van der Waals surface area contributed by atoms with Crippen LogP contribution in [0.5, 0.6) is 11.5 Å². The molecule has 1 aliphatic rings. The maximum absolute atomic E-state index is 12.5. The van der Waals surface area contributed by atoms with Gasteiger partial charge in [0, 0.05) is 18.7 Å². The average molecular weight is 319 g/mol. The highest BCUT2D eigenvalue weighted by Crippen LogP contribution is 2.29. The number of amides is 1. The fourth-order valence-electron chi connectivity index (χ4n) is 2.58. The van der Waals surface area contributed by atoms with Crippen molar-refractivity contribution in [1.29, 1.82) is 0 Å². The van der Waals surface area contributed by atoms with Gasteiger partial charge in [-0.25, -0.2) is 0 Å². The van der Waals surface area contributed by atoms with Gasteiger partial charge >= 0.3 is 5.97 Å². The Labute approximate surface area is 135 Å². The standard InChI is InChI=1S/C17H21NO5/c1-3-10-23-14-5-4-13(11-15(14)22-2)16(19)18-8-6-12(7-9-18)17(20)21/h3-5,11-12H,1,6-10H2,2H3,(H,20,21). The van der Waals surface area contributed by atoms with E-state index in [1.807, 2.05) is 0 Å². The van der Waals surface area contributed by atoms with Crippen LogP contribution in [0.15, 0.2) is 30.9 Å². The molecule has 1 aromatic carbocycles. The topological polar surface area (TPSA) is 76.1 Å². The first-order valence-electron chi connectivity index (χ1n) is 7.50. The second-order valence-electron chi connectivity index (χ2n) is 5.37. The number of piperidine rings is 1. The van der Waals surface area contributed by atoms with Gasteiger partial charge in [0.25, 0.3) is 5.91 Å². The number of rotatable bonds is 6. The molecule has 0 saturated carbocycles. The number of carbonyl (C=O) groups is 2. The lowest BCUT2D eigenvalue weighted by Crippen LogP contribution is -2.40. The molecule has 0 spiro atoms. The SMILES string of the molecule is C=CCOc1ccc(C(=O)N2CCC(C(=O)O)CC2)cc1OC. The summed E-state index contributed by atoms with van der Waals surface area (Å²) in [6, 6.07) is 5.02. The van der Waals surface area contributed by atoms with Crippen LogP contribution in [0.2, 0.25) is 0 Å². The van der Waals surface area contributed by atoms with Crippen molar-refractivity contribution in [2.24, 2.45) is 5.92 Å². The lowest BCUT2D eigenvalue weighted by atomic mass is 9.96. The molecule has 0 atom stereocenters. The first-order valence-corrected chi connectivity index (χ1v) is 7.50. The zero-order valence-corrected chi connectivity index (χ0v) is 13.2. The van der Waals surface area contributed by atoms with Gasteiger partial charge in [0.15, 0.2) is 11.5 Å². The molecule has 6 nitrogen and oxygen atoms in total. The Bertz CT molecular complexity index is 591. The summed E-state index contributed by atoms with van der Waals surface area (Å²) in [5, 5.41) is 9.01. The predicted molar refractivity (Wildman–Crippen MR) is 84.9 cm³/mol. The Morgan fingerprint density at radius 2 is 2.04 bits per heavy atom. The maximum atomic E-state index is 12.5. The minimum Gasteiger partial charge on any atom is -0.493 e. The smallest absolute Gasteiger partial charge is 0.306 e. The van der Waals surface area contributed by atoms with Gasteiger partial charge in [0.2, 0.25) is 0 Å². The fourth-order valence-corrected chi connectivity index (χ4v) is 2.58. The number of methoxy groups -OCH3 is 1. The summed E-state index contributed by atoms with van der Waals surface area (Å²) in [7, 11) is 1.52. The number of hydrogen-bond acceptors (Lipinski definition) is 4. The first-order chi connectivity index (χ1) is 11.1. The minimum absolute atomic E-state index is 0.123. The molecule has 124 valence electrons. The summed E-state index contributed by atoms with van der Waals surface area (Å²) >= 11 is 0. The van der Waals surface area contributed by atoms with Crippen LogP contribution in [0.3, 0.4) is 0 Å². The van der Waals surface area contributed by atoms with Crippen LogP contribution in [-0.4, -0.2) is 48.7 Å². The van der Waals surface area contributed by atoms with Crippen molar-refractivity contribution in [3.8, 4) is 11.5 Å². The third-order valence-corrected chi connectivity index (χ3v) is 3.90. The molecule has 1 fully saturated rings. The van der Waals surface area contributed by atoms with Gasteiger partial charge in [0.05, 0.1) is 13.0 Å². The van der Waals surface area contributed by atoms with Crippen LogP contribution in [-0.2, 0) is 4.79 Å². The largest absolute Gasteiger partial charge is 0.493 e. The molecule has 1 aliphatic heterocycles. The number of carbonyl (C=O) groups excluding carboxylic acids is 1. The molecule has 1 aromatic rings. The van der Waals surface area contributed by atoms with Crippen LogP contribution >= 0.6 is 0 Å². The quantitative estimate of drug-likeness (QED) is 0.814. The van der Waals surface area contributed by atoms with Gasteiger partial charge in [-0.1, -0.05) is 12.7 Å². The molecule has 2 rings (SSSR count). The summed E-state index contributed by atoms with van der Waals surface area (Å²) in [5.74, 6) is -0.236. The molecule has 1 saturated heterocycles. The van der Waals surface area contributed by atoms with Crippen molar-refractivity contribution in [2.45, 2.75) is 12.8 Å². The van der Waals surface area contributed by atoms with E-state index < -0.39 is 5.97 Å². The number of ether oxygens (including phenoxy) is 2. The highest BCUT2D eigenvalue weighted by atomic mass is 16.5. The zero-order chi connectivity index (χ0) is 16.8. The van der Waals surface area contributed by atoms with Crippen LogP contribution in [0.4, 0.5) is 0 Å². The molecule has 0 aliphatic carbocycles. The molecule has 0 bridgehead atoms. The van der Waals surface area contributed by atoms with Crippen molar-refractivity contribution >= 4 is 11.9 Å². The molecule has 0 unspecified atom stereocenters. The Morgan fingerprint density at radius 1 is 1.35 bits per heavy atom. The Hall–Kier alpha value is -2.50. The van der Waals surface area contributed by atoms with E-state index in [1.54, 1.807) is 29.2 Å². The molecular formula is C17H21NO5. The van der Waals surface area contributed by atoms with Gasteiger partial charge in [-0.3, -0.25) is 9.59 Å². The van der Waals surface area contributed by atoms with Crippen molar-refractivity contribution in [3.63, 3.8) is 0 Å². The van der Waals surface area contributed by atoms with Gasteiger partial charge in [-0.05, 0) is 31.0 Å². The van der Waals surface area contributed by atoms with Gasteiger partial charge in [-0.15, -0.1) is 0 Å². The first kappa shape index (κ1) is 16.9. The lowest BCUT2D eigenvalue weighted by molar-refractivity contribution is -0.143. The van der Waals surface area contributed by atoms with Gasteiger partial charge in [-0.2, -0.15) is 0 Å². The van der Waals surface area contributed by atoms with Crippen LogP contribution in [0.25, 0.3) is 0 Å². The van der Waals surface area contributed by atoms with E-state index in [-0.39, 0.29) is 11.8 Å². The van der Waals surface area contributed by atoms with Gasteiger partial charge in [0.1, 0.15) is 6.61 Å². The van der Waals surface area contributed by atoms with Crippen LogP contribution in [0, 0.1) is 5.92 Å². The number of benzene rings is 1. The van der Waals surface area contributed by atoms with E-state index in [0.29, 0.717) is 49.6 Å². The molecule has 1 amide bonds. The van der Waals surface area contributed by atoms with Crippen LogP contribution in [0.1, 0.15) is 23.2 Å². The molecule has 6 heteroatoms. The highest BCUT2D eigenvalue weighted by Gasteiger charge is 2.27. The van der Waals surface area contributed by atoms with E-state index in [9.17, 15) is 9.59 Å². The van der Waals surface area contributed by atoms with Gasteiger partial charge < -0.3 is 19.5 Å². The van der Waals surface area contributed by atoms with E-state index >= 15 is 0 Å². The summed E-state index contributed by atoms with van der Waals surface area (Å²) < 4.78 is 10.7. The normalized spacial score (nSPS) is 15.1. The fraction of sp³-hybridized carbons (Fsp3) is 0.412. The Balaban J connectivity index is 2.07. The number of carboxylic acid groups (broad SMARTS) is 1. The monoisotopic (exact) mass is 319 g/mol. The van der Waals surface area contributed by atoms with Crippen molar-refractivity contribution in [1.82, 2.24) is 4.90 Å². The number of carboxylic acids is 1. The zero-order valence-electron chi connectivity index (χ0n) is 13.2. The van der Waals surface area contributed by atoms with E-state index in [2.05, 4.69) is 6.58 Å². The molecule has 0 aromatic heterocycles. The summed E-state index contributed by atoms with van der Waals surface area (Å²) in [5.41, 5.74) is 0.501. The lowest BCUT2D eigenvalue weighted by Gasteiger charge is -2.30. The van der Waals surface area contributed by atoms with E-state index in [4.69, 9.17) is 14.6 Å². The molecule has 1 N–H and O–H groups in total. The number of hydrogen-bond donors (Lipinski definition) is 1. The predicted octanol–water partition coefficient (Wildman–Crippen LogP) is 2.20. The number of aliphatic carboxylic acids is 1. The third-order valence-electron chi connectivity index (χ3n) is 3.90. The van der Waals surface area contributed by atoms with E-state index in [1.165, 1.54) is 7.11 Å². The Kier molecular flexibility index (Phi) is 5.62. The maximum Gasteiger partial charge on any atom is 0.306 e. The Morgan fingerprint density at radius 3 is 2.61 bits per heavy atom.